The number of H-pyrrole nitrogens is 1. The number of carbonyl (C=O) groups excluding carboxylic acids is 1. The van der Waals surface area contributed by atoms with Crippen LogP contribution in [0.15, 0.2) is 6.20 Å². The van der Waals surface area contributed by atoms with Gasteiger partial charge in [-0.25, -0.2) is 9.18 Å². The normalized spacial score (nSPS) is 11.2. The van der Waals surface area contributed by atoms with Crippen molar-refractivity contribution in [2.75, 3.05) is 13.2 Å². The molecule has 1 aromatic rings. The van der Waals surface area contributed by atoms with Crippen LogP contribution >= 0.6 is 0 Å². The van der Waals surface area contributed by atoms with Crippen LogP contribution in [0, 0.1) is 5.82 Å². The summed E-state index contributed by atoms with van der Waals surface area (Å²) in [6.07, 6.45) is 20.7. The van der Waals surface area contributed by atoms with E-state index in [-0.39, 0.29) is 12.3 Å². The van der Waals surface area contributed by atoms with Crippen LogP contribution in [0.1, 0.15) is 126 Å². The molecule has 0 saturated carbocycles. The summed E-state index contributed by atoms with van der Waals surface area (Å²) in [4.78, 5) is 14.8. The largest absolute Gasteiger partial charge is 0.461 e. The first-order valence-electron chi connectivity index (χ1n) is 12.3. The number of aliphatic hydroxyl groups is 1. The van der Waals surface area contributed by atoms with Crippen LogP contribution in [0.3, 0.4) is 0 Å². The summed E-state index contributed by atoms with van der Waals surface area (Å²) in [5, 5.41) is 8.73. The fourth-order valence-corrected chi connectivity index (χ4v) is 3.74. The van der Waals surface area contributed by atoms with Crippen LogP contribution in [0.25, 0.3) is 0 Å². The molecule has 0 aliphatic heterocycles. The molecule has 0 saturated heterocycles. The molecule has 5 heteroatoms. The lowest BCUT2D eigenvalue weighted by molar-refractivity contribution is 0.0486. The number of aromatic nitrogens is 1. The van der Waals surface area contributed by atoms with Gasteiger partial charge < -0.3 is 14.8 Å². The van der Waals surface area contributed by atoms with Gasteiger partial charge in [-0.1, -0.05) is 90.4 Å². The molecule has 2 N–H and O–H groups in total. The molecule has 0 atom stereocenters. The number of rotatable bonds is 20. The zero-order valence-corrected chi connectivity index (χ0v) is 19.2. The SMILES string of the molecule is CCCCCCCCCCCCCc1c[nH]c(C(=O)OCCCCCCCO)c1F. The monoisotopic (exact) mass is 425 g/mol. The zero-order chi connectivity index (χ0) is 21.9. The van der Waals surface area contributed by atoms with E-state index in [1.165, 1.54) is 57.8 Å². The van der Waals surface area contributed by atoms with Crippen molar-refractivity contribution in [3.05, 3.63) is 23.3 Å². The van der Waals surface area contributed by atoms with Gasteiger partial charge in [-0.15, -0.1) is 0 Å². The summed E-state index contributed by atoms with van der Waals surface area (Å²) in [6.45, 7) is 2.78. The van der Waals surface area contributed by atoms with E-state index in [0.29, 0.717) is 18.6 Å². The summed E-state index contributed by atoms with van der Waals surface area (Å²) in [7, 11) is 0. The Morgan fingerprint density at radius 2 is 1.40 bits per heavy atom. The van der Waals surface area contributed by atoms with Crippen LogP contribution < -0.4 is 0 Å². The second-order valence-corrected chi connectivity index (χ2v) is 8.42. The van der Waals surface area contributed by atoms with Crippen molar-refractivity contribution in [3.8, 4) is 0 Å². The predicted molar refractivity (Wildman–Crippen MR) is 121 cm³/mol. The number of aliphatic hydroxyl groups excluding tert-OH is 1. The Kier molecular flexibility index (Phi) is 16.4. The lowest BCUT2D eigenvalue weighted by Crippen LogP contribution is -2.09. The molecule has 1 heterocycles. The van der Waals surface area contributed by atoms with Gasteiger partial charge in [0.2, 0.25) is 0 Å². The van der Waals surface area contributed by atoms with E-state index >= 15 is 0 Å². The van der Waals surface area contributed by atoms with Crippen molar-refractivity contribution >= 4 is 5.97 Å². The van der Waals surface area contributed by atoms with Crippen LogP contribution in [0.2, 0.25) is 0 Å². The van der Waals surface area contributed by atoms with Gasteiger partial charge in [0.25, 0.3) is 0 Å². The van der Waals surface area contributed by atoms with Crippen molar-refractivity contribution in [1.29, 1.82) is 0 Å². The fraction of sp³-hybridized carbons (Fsp3) is 0.800. The van der Waals surface area contributed by atoms with Crippen molar-refractivity contribution in [2.45, 2.75) is 116 Å². The first-order valence-corrected chi connectivity index (χ1v) is 12.3. The highest BCUT2D eigenvalue weighted by molar-refractivity contribution is 5.88. The lowest BCUT2D eigenvalue weighted by atomic mass is 10.0. The lowest BCUT2D eigenvalue weighted by Gasteiger charge is -2.04. The molecule has 1 aromatic heterocycles. The van der Waals surface area contributed by atoms with E-state index in [1.54, 1.807) is 6.20 Å². The molecule has 0 amide bonds. The van der Waals surface area contributed by atoms with Crippen LogP contribution in [-0.2, 0) is 11.2 Å². The van der Waals surface area contributed by atoms with Gasteiger partial charge in [0.1, 0.15) is 0 Å². The minimum atomic E-state index is -0.604. The van der Waals surface area contributed by atoms with Crippen molar-refractivity contribution in [3.63, 3.8) is 0 Å². The summed E-state index contributed by atoms with van der Waals surface area (Å²) in [5.74, 6) is -1.05. The fourth-order valence-electron chi connectivity index (χ4n) is 3.74. The molecule has 4 nitrogen and oxygen atoms in total. The number of ether oxygens (including phenoxy) is 1. The number of aromatic amines is 1. The van der Waals surface area contributed by atoms with Gasteiger partial charge in [-0.05, 0) is 25.7 Å². The smallest absolute Gasteiger partial charge is 0.357 e. The topological polar surface area (TPSA) is 62.3 Å². The first kappa shape index (κ1) is 26.7. The molecule has 0 aliphatic carbocycles. The molecular formula is C25H44FNO3. The zero-order valence-electron chi connectivity index (χ0n) is 19.2. The van der Waals surface area contributed by atoms with E-state index in [1.807, 2.05) is 0 Å². The first-order chi connectivity index (χ1) is 14.7. The minimum Gasteiger partial charge on any atom is -0.461 e. The molecule has 0 spiro atoms. The second-order valence-electron chi connectivity index (χ2n) is 8.42. The van der Waals surface area contributed by atoms with Crippen LogP contribution in [0.4, 0.5) is 4.39 Å². The van der Waals surface area contributed by atoms with Crippen molar-refractivity contribution in [1.82, 2.24) is 4.98 Å². The number of aryl methyl sites for hydroxylation is 1. The molecule has 0 aliphatic rings. The molecule has 0 aromatic carbocycles. The number of halogens is 1. The Hall–Kier alpha value is -1.36. The van der Waals surface area contributed by atoms with E-state index in [2.05, 4.69) is 11.9 Å². The Labute approximate surface area is 183 Å². The molecule has 30 heavy (non-hydrogen) atoms. The van der Waals surface area contributed by atoms with Crippen molar-refractivity contribution < 1.29 is 19.0 Å². The third kappa shape index (κ3) is 12.4. The third-order valence-corrected chi connectivity index (χ3v) is 5.68. The number of hydrogen-bond acceptors (Lipinski definition) is 3. The summed E-state index contributed by atoms with van der Waals surface area (Å²) < 4.78 is 19.6. The maximum atomic E-state index is 14.4. The molecule has 174 valence electrons. The quantitative estimate of drug-likeness (QED) is 0.173. The Balaban J connectivity index is 2.09. The average molecular weight is 426 g/mol. The standard InChI is InChI=1S/C25H44FNO3/c1-2-3-4-5-6-7-8-9-10-12-15-18-22-21-27-24(23(22)26)25(29)30-20-17-14-11-13-16-19-28/h21,27-28H,2-20H2,1H3. The molecule has 1 rings (SSSR count). The molecule has 0 unspecified atom stereocenters. The number of esters is 1. The highest BCUT2D eigenvalue weighted by atomic mass is 19.1. The van der Waals surface area contributed by atoms with Crippen molar-refractivity contribution in [2.24, 2.45) is 0 Å². The molecule has 0 fully saturated rings. The average Bonchev–Trinajstić information content (AvgIpc) is 3.11. The number of unbranched alkanes of at least 4 members (excludes halogenated alkanes) is 14. The maximum Gasteiger partial charge on any atom is 0.357 e. The van der Waals surface area contributed by atoms with E-state index in [4.69, 9.17) is 9.84 Å². The predicted octanol–water partition coefficient (Wildman–Crippen LogP) is 7.11. The maximum absolute atomic E-state index is 14.4. The Bertz CT molecular complexity index is 544. The van der Waals surface area contributed by atoms with Crippen LogP contribution in [-0.4, -0.2) is 29.3 Å². The molecule has 0 radical (unpaired) electrons. The number of nitrogens with one attached hydrogen (secondary N) is 1. The van der Waals surface area contributed by atoms with E-state index in [9.17, 15) is 9.18 Å². The Morgan fingerprint density at radius 3 is 2.00 bits per heavy atom. The molecular weight excluding hydrogens is 381 g/mol. The summed E-state index contributed by atoms with van der Waals surface area (Å²) in [5.41, 5.74) is 0.537. The summed E-state index contributed by atoms with van der Waals surface area (Å²) in [6, 6.07) is 0. The van der Waals surface area contributed by atoms with Crippen LogP contribution in [0.5, 0.6) is 0 Å². The highest BCUT2D eigenvalue weighted by Gasteiger charge is 2.18. The minimum absolute atomic E-state index is 0.0478. The van der Waals surface area contributed by atoms with Gasteiger partial charge in [-0.3, -0.25) is 0 Å². The van der Waals surface area contributed by atoms with Gasteiger partial charge in [-0.2, -0.15) is 0 Å². The van der Waals surface area contributed by atoms with Gasteiger partial charge >= 0.3 is 5.97 Å². The highest BCUT2D eigenvalue weighted by Crippen LogP contribution is 2.17. The second kappa shape index (κ2) is 18.4. The molecule has 0 bridgehead atoms. The summed E-state index contributed by atoms with van der Waals surface area (Å²) >= 11 is 0. The van der Waals surface area contributed by atoms with Gasteiger partial charge in [0.15, 0.2) is 11.5 Å². The van der Waals surface area contributed by atoms with Gasteiger partial charge in [0.05, 0.1) is 6.61 Å². The third-order valence-electron chi connectivity index (χ3n) is 5.68. The van der Waals surface area contributed by atoms with E-state index in [0.717, 1.165) is 44.9 Å². The Morgan fingerprint density at radius 1 is 0.867 bits per heavy atom. The van der Waals surface area contributed by atoms with Gasteiger partial charge in [0, 0.05) is 18.4 Å². The number of carbonyl (C=O) groups is 1. The van der Waals surface area contributed by atoms with E-state index < -0.39 is 11.8 Å². The number of hydrogen-bond donors (Lipinski definition) is 2.